The number of nitrogens with zero attached hydrogens (tertiary/aromatic N) is 6. The molecule has 30 heavy (non-hydrogen) atoms. The lowest BCUT2D eigenvalue weighted by Gasteiger charge is -2.02. The monoisotopic (exact) mass is 412 g/mol. The molecule has 7 nitrogen and oxygen atoms in total. The van der Waals surface area contributed by atoms with Gasteiger partial charge >= 0.3 is 0 Å². The number of hydrogen-bond acceptors (Lipinski definition) is 6. The van der Waals surface area contributed by atoms with Crippen LogP contribution in [-0.2, 0) is 6.54 Å². The van der Waals surface area contributed by atoms with Crippen molar-refractivity contribution in [2.45, 2.75) is 13.5 Å². The molecule has 5 heterocycles. The highest BCUT2D eigenvalue weighted by Crippen LogP contribution is 2.39. The molecule has 0 radical (unpaired) electrons. The van der Waals surface area contributed by atoms with Gasteiger partial charge in [-0.2, -0.15) is 5.10 Å². The minimum absolute atomic E-state index is 0.541. The van der Waals surface area contributed by atoms with Crippen molar-refractivity contribution in [1.29, 1.82) is 0 Å². The maximum Gasteiger partial charge on any atom is 0.217 e. The van der Waals surface area contributed by atoms with Crippen LogP contribution in [0.5, 0.6) is 0 Å². The van der Waals surface area contributed by atoms with E-state index in [-0.39, 0.29) is 0 Å². The van der Waals surface area contributed by atoms with Crippen molar-refractivity contribution >= 4 is 27.2 Å². The summed E-state index contributed by atoms with van der Waals surface area (Å²) in [5.41, 5.74) is 3.09. The van der Waals surface area contributed by atoms with Crippen LogP contribution in [0.25, 0.3) is 38.6 Å². The highest BCUT2D eigenvalue weighted by Gasteiger charge is 2.19. The molecule has 0 aliphatic carbocycles. The summed E-state index contributed by atoms with van der Waals surface area (Å²) < 4.78 is 9.53. The molecule has 0 atom stereocenters. The van der Waals surface area contributed by atoms with E-state index in [2.05, 4.69) is 34.2 Å². The molecule has 8 heteroatoms. The van der Waals surface area contributed by atoms with Crippen molar-refractivity contribution in [3.63, 3.8) is 0 Å². The first-order valence-electron chi connectivity index (χ1n) is 9.53. The summed E-state index contributed by atoms with van der Waals surface area (Å²) in [5, 5.41) is 9.86. The second-order valence-electron chi connectivity index (χ2n) is 7.00. The van der Waals surface area contributed by atoms with Gasteiger partial charge in [0.25, 0.3) is 0 Å². The van der Waals surface area contributed by atoms with Gasteiger partial charge in [0.05, 0.1) is 11.9 Å². The predicted octanol–water partition coefficient (Wildman–Crippen LogP) is 4.82. The zero-order valence-electron chi connectivity index (χ0n) is 16.1. The zero-order chi connectivity index (χ0) is 20.1. The summed E-state index contributed by atoms with van der Waals surface area (Å²) in [7, 11) is 0. The quantitative estimate of drug-likeness (QED) is 0.415. The molecule has 0 unspecified atom stereocenters. The van der Waals surface area contributed by atoms with E-state index in [9.17, 15) is 0 Å². The summed E-state index contributed by atoms with van der Waals surface area (Å²) in [6.45, 7) is 2.69. The minimum atomic E-state index is 0.541. The Morgan fingerprint density at radius 3 is 2.80 bits per heavy atom. The molecule has 0 aliphatic heterocycles. The second kappa shape index (κ2) is 6.64. The maximum absolute atomic E-state index is 5.99. The molecule has 5 aromatic heterocycles. The molecule has 6 rings (SSSR count). The molecule has 146 valence electrons. The highest BCUT2D eigenvalue weighted by molar-refractivity contribution is 7.19. The number of rotatable bonds is 4. The van der Waals surface area contributed by atoms with E-state index in [0.29, 0.717) is 18.1 Å². The van der Waals surface area contributed by atoms with Crippen LogP contribution < -0.4 is 0 Å². The number of hydrogen-bond donors (Lipinski definition) is 0. The van der Waals surface area contributed by atoms with Crippen LogP contribution in [-0.4, -0.2) is 29.4 Å². The summed E-state index contributed by atoms with van der Waals surface area (Å²) in [4.78, 5) is 11.6. The Kier molecular flexibility index (Phi) is 3.78. The number of furan rings is 1. The predicted molar refractivity (Wildman–Crippen MR) is 115 cm³/mol. The van der Waals surface area contributed by atoms with Crippen molar-refractivity contribution in [2.24, 2.45) is 0 Å². The van der Waals surface area contributed by atoms with Gasteiger partial charge in [-0.25, -0.2) is 14.5 Å². The Bertz CT molecular complexity index is 1480. The average Bonchev–Trinajstić information content (AvgIpc) is 3.54. The van der Waals surface area contributed by atoms with E-state index in [1.165, 1.54) is 4.88 Å². The van der Waals surface area contributed by atoms with Crippen LogP contribution in [0, 0.1) is 6.92 Å². The summed E-state index contributed by atoms with van der Waals surface area (Å²) >= 11 is 1.67. The molecule has 1 aromatic carbocycles. The fourth-order valence-electron chi connectivity index (χ4n) is 3.70. The molecule has 0 amide bonds. The largest absolute Gasteiger partial charge is 0.456 e. The Morgan fingerprint density at radius 1 is 1.07 bits per heavy atom. The zero-order valence-corrected chi connectivity index (χ0v) is 16.9. The van der Waals surface area contributed by atoms with Crippen LogP contribution >= 0.6 is 11.3 Å². The van der Waals surface area contributed by atoms with Crippen molar-refractivity contribution in [1.82, 2.24) is 29.4 Å². The summed E-state index contributed by atoms with van der Waals surface area (Å²) in [5.74, 6) is 1.97. The Hall–Kier alpha value is -3.78. The van der Waals surface area contributed by atoms with Crippen LogP contribution in [0.3, 0.4) is 0 Å². The summed E-state index contributed by atoms with van der Waals surface area (Å²) in [6.07, 6.45) is 5.36. The fraction of sp³-hybridized carbons (Fsp3) is 0.0909. The van der Waals surface area contributed by atoms with Gasteiger partial charge < -0.3 is 4.42 Å². The van der Waals surface area contributed by atoms with Crippen LogP contribution in [0.15, 0.2) is 71.7 Å². The van der Waals surface area contributed by atoms with Crippen molar-refractivity contribution < 1.29 is 4.42 Å². The van der Waals surface area contributed by atoms with Gasteiger partial charge in [0, 0.05) is 22.8 Å². The Labute approximate surface area is 175 Å². The van der Waals surface area contributed by atoms with Gasteiger partial charge in [-0.3, -0.25) is 4.68 Å². The van der Waals surface area contributed by atoms with Gasteiger partial charge in [-0.05, 0) is 30.7 Å². The number of benzene rings is 1. The Balaban J connectivity index is 1.48. The molecule has 0 saturated heterocycles. The lowest BCUT2D eigenvalue weighted by Crippen LogP contribution is -1.97. The smallest absolute Gasteiger partial charge is 0.217 e. The second-order valence-corrected chi connectivity index (χ2v) is 8.20. The molecule has 0 spiro atoms. The molecule has 0 bridgehead atoms. The SMILES string of the molecule is Cc1sc2ncn3nc(-c4ccc(Cn5cccn5)o4)nc3c2c1-c1ccccc1. The van der Waals surface area contributed by atoms with E-state index in [4.69, 9.17) is 9.40 Å². The molecular formula is C22H16N6OS. The molecule has 0 saturated carbocycles. The van der Waals surface area contributed by atoms with Crippen molar-refractivity contribution in [2.75, 3.05) is 0 Å². The molecule has 6 aromatic rings. The first-order chi connectivity index (χ1) is 14.8. The van der Waals surface area contributed by atoms with Gasteiger partial charge in [0.15, 0.2) is 11.4 Å². The molecular weight excluding hydrogens is 396 g/mol. The van der Waals surface area contributed by atoms with Crippen molar-refractivity contribution in [3.05, 3.63) is 77.9 Å². The molecule has 0 N–H and O–H groups in total. The third kappa shape index (κ3) is 2.73. The number of fused-ring (bicyclic) bond motifs is 3. The topological polar surface area (TPSA) is 74.0 Å². The maximum atomic E-state index is 5.99. The third-order valence-electron chi connectivity index (χ3n) is 5.03. The van der Waals surface area contributed by atoms with E-state index < -0.39 is 0 Å². The Morgan fingerprint density at radius 2 is 1.97 bits per heavy atom. The van der Waals surface area contributed by atoms with E-state index in [0.717, 1.165) is 32.8 Å². The number of aromatic nitrogens is 6. The lowest BCUT2D eigenvalue weighted by molar-refractivity contribution is 0.487. The minimum Gasteiger partial charge on any atom is -0.456 e. The van der Waals surface area contributed by atoms with Gasteiger partial charge in [0.2, 0.25) is 5.82 Å². The fourth-order valence-corrected chi connectivity index (χ4v) is 4.71. The van der Waals surface area contributed by atoms with E-state index in [1.807, 2.05) is 47.3 Å². The standard InChI is InChI=1S/C22H16N6OS/c1-14-18(15-6-3-2-4-7-15)19-21-25-20(26-28(21)13-23-22(19)30-14)17-9-8-16(29-17)12-27-11-5-10-24-27/h2-11,13H,12H2,1H3. The average molecular weight is 412 g/mol. The lowest BCUT2D eigenvalue weighted by atomic mass is 10.0. The molecule has 0 aliphatic rings. The van der Waals surface area contributed by atoms with Gasteiger partial charge in [0.1, 0.15) is 16.9 Å². The summed E-state index contributed by atoms with van der Waals surface area (Å²) in [6, 6.07) is 16.1. The van der Waals surface area contributed by atoms with Crippen molar-refractivity contribution in [3.8, 4) is 22.7 Å². The highest BCUT2D eigenvalue weighted by atomic mass is 32.1. The molecule has 0 fully saturated rings. The van der Waals surface area contributed by atoms with Gasteiger partial charge in [-0.1, -0.05) is 30.3 Å². The normalized spacial score (nSPS) is 11.6. The van der Waals surface area contributed by atoms with E-state index in [1.54, 1.807) is 28.4 Å². The number of thiophene rings is 1. The third-order valence-corrected chi connectivity index (χ3v) is 6.04. The number of aryl methyl sites for hydroxylation is 1. The van der Waals surface area contributed by atoms with Crippen LogP contribution in [0.1, 0.15) is 10.6 Å². The first-order valence-corrected chi connectivity index (χ1v) is 10.3. The van der Waals surface area contributed by atoms with Gasteiger partial charge in [-0.15, -0.1) is 16.4 Å². The first kappa shape index (κ1) is 17.1. The van der Waals surface area contributed by atoms with Crippen LogP contribution in [0.4, 0.5) is 0 Å². The van der Waals surface area contributed by atoms with Crippen LogP contribution in [0.2, 0.25) is 0 Å². The van der Waals surface area contributed by atoms with E-state index >= 15 is 0 Å².